The molecule has 7 nitrogen and oxygen atoms in total. The Morgan fingerprint density at radius 2 is 1.89 bits per heavy atom. The first kappa shape index (κ1) is 17.0. The summed E-state index contributed by atoms with van der Waals surface area (Å²) in [6.45, 7) is 0. The third kappa shape index (κ3) is 3.22. The normalized spacial score (nSPS) is 11.7. The first-order valence-electron chi connectivity index (χ1n) is 8.25. The number of fused-ring (bicyclic) bond motifs is 1. The Hall–Kier alpha value is -3.39. The number of aromatic nitrogens is 3. The molecular formula is C19H17N5O2S. The van der Waals surface area contributed by atoms with Crippen LogP contribution in [0.2, 0.25) is 0 Å². The molecule has 0 saturated carbocycles. The van der Waals surface area contributed by atoms with Gasteiger partial charge in [0.25, 0.3) is 5.91 Å². The molecule has 0 bridgehead atoms. The van der Waals surface area contributed by atoms with Crippen molar-refractivity contribution in [3.8, 4) is 11.4 Å². The van der Waals surface area contributed by atoms with E-state index in [9.17, 15) is 4.79 Å². The zero-order valence-electron chi connectivity index (χ0n) is 14.8. The van der Waals surface area contributed by atoms with Crippen LogP contribution < -0.4 is 15.0 Å². The van der Waals surface area contributed by atoms with E-state index in [1.807, 2.05) is 66.2 Å². The fraction of sp³-hybridized carbons (Fsp3) is 0.105. The highest BCUT2D eigenvalue weighted by Crippen LogP contribution is 2.19. The van der Waals surface area contributed by atoms with E-state index in [-0.39, 0.29) is 5.69 Å². The lowest BCUT2D eigenvalue weighted by molar-refractivity contribution is 0.0944. The van der Waals surface area contributed by atoms with Crippen LogP contribution in [0.25, 0.3) is 15.9 Å². The number of ether oxygens (including phenoxy) is 1. The fourth-order valence-corrected chi connectivity index (χ4v) is 3.70. The molecule has 27 heavy (non-hydrogen) atoms. The molecule has 0 radical (unpaired) electrons. The molecule has 0 atom stereocenters. The van der Waals surface area contributed by atoms with Gasteiger partial charge in [-0.05, 0) is 24.3 Å². The predicted molar refractivity (Wildman–Crippen MR) is 104 cm³/mol. The van der Waals surface area contributed by atoms with Crippen molar-refractivity contribution in [3.05, 3.63) is 71.3 Å². The Labute approximate surface area is 159 Å². The smallest absolute Gasteiger partial charge is 0.295 e. The van der Waals surface area contributed by atoms with Crippen molar-refractivity contribution in [1.29, 1.82) is 0 Å². The zero-order chi connectivity index (χ0) is 18.8. The highest BCUT2D eigenvalue weighted by Gasteiger charge is 2.18. The molecule has 136 valence electrons. The lowest BCUT2D eigenvalue weighted by Crippen LogP contribution is -2.24. The molecule has 4 aromatic rings. The molecule has 8 heteroatoms. The first-order chi connectivity index (χ1) is 13.2. The van der Waals surface area contributed by atoms with E-state index in [4.69, 9.17) is 4.74 Å². The molecule has 0 aliphatic rings. The lowest BCUT2D eigenvalue weighted by atomic mass is 10.3. The summed E-state index contributed by atoms with van der Waals surface area (Å²) >= 11 is 1.50. The number of nitrogens with zero attached hydrogens (tertiary/aromatic N) is 4. The molecule has 1 amide bonds. The van der Waals surface area contributed by atoms with Gasteiger partial charge in [0.05, 0.1) is 29.2 Å². The minimum absolute atomic E-state index is 0.175. The first-order valence-corrected chi connectivity index (χ1v) is 9.07. The summed E-state index contributed by atoms with van der Waals surface area (Å²) in [7, 11) is 3.42. The van der Waals surface area contributed by atoms with Crippen LogP contribution in [-0.4, -0.2) is 27.4 Å². The molecule has 0 spiro atoms. The van der Waals surface area contributed by atoms with E-state index in [0.29, 0.717) is 10.6 Å². The van der Waals surface area contributed by atoms with Crippen LogP contribution in [-0.2, 0) is 7.05 Å². The van der Waals surface area contributed by atoms with E-state index in [0.717, 1.165) is 15.9 Å². The molecule has 2 aromatic carbocycles. The number of rotatable bonds is 4. The second kappa shape index (κ2) is 7.08. The Morgan fingerprint density at radius 3 is 2.63 bits per heavy atom. The lowest BCUT2D eigenvalue weighted by Gasteiger charge is -1.99. The van der Waals surface area contributed by atoms with E-state index in [1.165, 1.54) is 18.4 Å². The highest BCUT2D eigenvalue weighted by molar-refractivity contribution is 7.16. The van der Waals surface area contributed by atoms with Crippen LogP contribution in [0.1, 0.15) is 10.5 Å². The van der Waals surface area contributed by atoms with Crippen molar-refractivity contribution in [2.45, 2.75) is 0 Å². The Bertz CT molecular complexity index is 1170. The van der Waals surface area contributed by atoms with E-state index in [1.54, 1.807) is 10.9 Å². The number of hydrogen-bond donors (Lipinski definition) is 1. The molecule has 2 aromatic heterocycles. The number of hydrogen-bond acceptors (Lipinski definition) is 5. The predicted octanol–water partition coefficient (Wildman–Crippen LogP) is 2.68. The summed E-state index contributed by atoms with van der Waals surface area (Å²) < 4.78 is 9.94. The summed E-state index contributed by atoms with van der Waals surface area (Å²) in [6, 6.07) is 17.5. The molecular weight excluding hydrogens is 362 g/mol. The van der Waals surface area contributed by atoms with Crippen molar-refractivity contribution in [2.24, 2.45) is 12.1 Å². The minimum atomic E-state index is -0.431. The average molecular weight is 379 g/mol. The van der Waals surface area contributed by atoms with Gasteiger partial charge in [-0.15, -0.1) is 5.10 Å². The maximum atomic E-state index is 12.6. The second-order valence-corrected chi connectivity index (χ2v) is 6.80. The number of carbonyl (C=O) groups is 1. The number of carbonyl (C=O) groups excluding carboxylic acids is 1. The fourth-order valence-electron chi connectivity index (χ4n) is 2.72. The quantitative estimate of drug-likeness (QED) is 0.554. The zero-order valence-corrected chi connectivity index (χ0v) is 15.6. The van der Waals surface area contributed by atoms with Gasteiger partial charge in [-0.2, -0.15) is 5.10 Å². The summed E-state index contributed by atoms with van der Waals surface area (Å²) in [4.78, 5) is 13.3. The number of para-hydroxylation sites is 2. The topological polar surface area (TPSA) is 73.4 Å². The standard InChI is InChI=1S/C19H17N5O2S/c1-23-14-10-6-7-11-16(14)27-19(23)21-20-18(25)17-15(26-2)12-24(22-17)13-8-4-3-5-9-13/h3-12H,1-2H3,(H,20,25)/b21-19-. The Balaban J connectivity index is 1.65. The van der Waals surface area contributed by atoms with E-state index < -0.39 is 5.91 Å². The molecule has 2 heterocycles. The maximum absolute atomic E-state index is 12.6. The van der Waals surface area contributed by atoms with E-state index >= 15 is 0 Å². The van der Waals surface area contributed by atoms with Crippen molar-refractivity contribution in [1.82, 2.24) is 19.8 Å². The van der Waals surface area contributed by atoms with Gasteiger partial charge in [0.15, 0.2) is 11.4 Å². The monoisotopic (exact) mass is 379 g/mol. The largest absolute Gasteiger partial charge is 0.493 e. The van der Waals surface area contributed by atoms with Crippen LogP contribution >= 0.6 is 11.3 Å². The minimum Gasteiger partial charge on any atom is -0.493 e. The third-order valence-corrected chi connectivity index (χ3v) is 5.22. The van der Waals surface area contributed by atoms with Gasteiger partial charge in [-0.3, -0.25) is 4.79 Å². The molecule has 0 saturated heterocycles. The van der Waals surface area contributed by atoms with Gasteiger partial charge < -0.3 is 9.30 Å². The summed E-state index contributed by atoms with van der Waals surface area (Å²) in [5.74, 6) is -0.0498. The molecule has 0 unspecified atom stereocenters. The highest BCUT2D eigenvalue weighted by atomic mass is 32.1. The second-order valence-electron chi connectivity index (χ2n) is 5.79. The Morgan fingerprint density at radius 1 is 1.15 bits per heavy atom. The van der Waals surface area contributed by atoms with Crippen LogP contribution in [0.3, 0.4) is 0 Å². The van der Waals surface area contributed by atoms with Gasteiger partial charge >= 0.3 is 0 Å². The van der Waals surface area contributed by atoms with Crippen LogP contribution in [0, 0.1) is 0 Å². The van der Waals surface area contributed by atoms with Gasteiger partial charge in [0, 0.05) is 7.05 Å². The molecule has 4 rings (SSSR count). The third-order valence-electron chi connectivity index (χ3n) is 4.10. The summed E-state index contributed by atoms with van der Waals surface area (Å²) in [5, 5.41) is 8.60. The number of thiazole rings is 1. The average Bonchev–Trinajstić information content (AvgIpc) is 3.29. The van der Waals surface area contributed by atoms with Crippen molar-refractivity contribution < 1.29 is 9.53 Å². The van der Waals surface area contributed by atoms with Crippen molar-refractivity contribution in [2.75, 3.05) is 7.11 Å². The maximum Gasteiger partial charge on any atom is 0.295 e. The Kier molecular flexibility index (Phi) is 4.47. The number of benzene rings is 2. The van der Waals surface area contributed by atoms with Gasteiger partial charge in [0.2, 0.25) is 4.80 Å². The number of methoxy groups -OCH3 is 1. The van der Waals surface area contributed by atoms with Crippen LogP contribution in [0.5, 0.6) is 5.75 Å². The van der Waals surface area contributed by atoms with E-state index in [2.05, 4.69) is 15.6 Å². The SMILES string of the molecule is COc1cn(-c2ccccc2)nc1C(=O)N/N=c1\sc2ccccc2n1C. The summed E-state index contributed by atoms with van der Waals surface area (Å²) in [5.41, 5.74) is 4.64. The van der Waals surface area contributed by atoms with Gasteiger partial charge in [-0.25, -0.2) is 10.1 Å². The number of amides is 1. The molecule has 0 aliphatic carbocycles. The van der Waals surface area contributed by atoms with Crippen LogP contribution in [0.15, 0.2) is 65.9 Å². The summed E-state index contributed by atoms with van der Waals surface area (Å²) in [6.07, 6.45) is 1.67. The molecule has 1 N–H and O–H groups in total. The van der Waals surface area contributed by atoms with Crippen LogP contribution in [0.4, 0.5) is 0 Å². The molecule has 0 fully saturated rings. The number of nitrogens with one attached hydrogen (secondary N) is 1. The van der Waals surface area contributed by atoms with Crippen molar-refractivity contribution >= 4 is 27.5 Å². The van der Waals surface area contributed by atoms with Gasteiger partial charge in [-0.1, -0.05) is 41.7 Å². The molecule has 0 aliphatic heterocycles. The van der Waals surface area contributed by atoms with Gasteiger partial charge in [0.1, 0.15) is 0 Å². The van der Waals surface area contributed by atoms with Crippen molar-refractivity contribution in [3.63, 3.8) is 0 Å². The number of aryl methyl sites for hydroxylation is 1.